The predicted octanol–water partition coefficient (Wildman–Crippen LogP) is 3.97. The largest absolute Gasteiger partial charge is 0.476 e. The van der Waals surface area contributed by atoms with Gasteiger partial charge in [0.2, 0.25) is 0 Å². The molecule has 2 unspecified atom stereocenters. The molecule has 2 bridgehead atoms. The highest BCUT2D eigenvalue weighted by atomic mass is 35.5. The van der Waals surface area contributed by atoms with Crippen LogP contribution in [-0.2, 0) is 4.79 Å². The number of halogens is 2. The first-order valence-corrected chi connectivity index (χ1v) is 12.9. The summed E-state index contributed by atoms with van der Waals surface area (Å²) in [5, 5.41) is 15.9. The molecule has 2 amide bonds. The van der Waals surface area contributed by atoms with Gasteiger partial charge in [-0.25, -0.2) is 4.98 Å². The van der Waals surface area contributed by atoms with E-state index in [2.05, 4.69) is 20.5 Å². The number of aliphatic hydroxyl groups excluding tert-OH is 1. The number of hydrogen-bond donors (Lipinski definition) is 3. The van der Waals surface area contributed by atoms with Crippen molar-refractivity contribution in [3.05, 3.63) is 52.1 Å². The second kappa shape index (κ2) is 10.8. The summed E-state index contributed by atoms with van der Waals surface area (Å²) in [4.78, 5) is 32.3. The average Bonchev–Trinajstić information content (AvgIpc) is 3.10. The Kier molecular flexibility index (Phi) is 7.97. The van der Waals surface area contributed by atoms with Gasteiger partial charge in [-0.15, -0.1) is 0 Å². The van der Waals surface area contributed by atoms with E-state index in [1.54, 1.807) is 51.2 Å². The third-order valence-electron chi connectivity index (χ3n) is 6.80. The second-order valence-corrected chi connectivity index (χ2v) is 10.9. The smallest absolute Gasteiger partial charge is 0.263 e. The number of aliphatic hydroxyl groups is 1. The predicted molar refractivity (Wildman–Crippen MR) is 140 cm³/mol. The van der Waals surface area contributed by atoms with Crippen LogP contribution in [0, 0.1) is 0 Å². The third-order valence-corrected chi connectivity index (χ3v) is 7.33. The first-order valence-electron chi connectivity index (χ1n) is 12.2. The summed E-state index contributed by atoms with van der Waals surface area (Å²) in [6, 6.07) is 8.77. The molecule has 2 saturated heterocycles. The molecule has 194 valence electrons. The van der Waals surface area contributed by atoms with Gasteiger partial charge in [0.25, 0.3) is 11.8 Å². The maximum Gasteiger partial charge on any atom is 0.263 e. The minimum absolute atomic E-state index is 0.0276. The van der Waals surface area contributed by atoms with Gasteiger partial charge in [0.1, 0.15) is 11.6 Å². The van der Waals surface area contributed by atoms with E-state index in [-0.39, 0.29) is 42.6 Å². The summed E-state index contributed by atoms with van der Waals surface area (Å²) in [6.45, 7) is 5.06. The quantitative estimate of drug-likeness (QED) is 0.473. The zero-order valence-electron chi connectivity index (χ0n) is 20.6. The van der Waals surface area contributed by atoms with E-state index >= 15 is 0 Å². The molecule has 2 aliphatic heterocycles. The van der Waals surface area contributed by atoms with Crippen LogP contribution in [0.4, 0.5) is 5.82 Å². The molecule has 2 fully saturated rings. The molecule has 2 aromatic rings. The summed E-state index contributed by atoms with van der Waals surface area (Å²) in [5.41, 5.74) is -0.657. The number of ether oxygens (including phenoxy) is 1. The summed E-state index contributed by atoms with van der Waals surface area (Å²) in [5.74, 6) is 0.784. The van der Waals surface area contributed by atoms with Crippen molar-refractivity contribution in [2.45, 2.75) is 76.2 Å². The lowest BCUT2D eigenvalue weighted by molar-refractivity contribution is -0.135. The summed E-state index contributed by atoms with van der Waals surface area (Å²) >= 11 is 12.2. The molecule has 0 aliphatic carbocycles. The SMILES string of the molecule is C[C@H](CO)NC(=O)c1ccc(N2C3CCC2CC(NC(=O)C(C)(C)Oc2ccc(Cl)cc2Cl)C3)nc1. The van der Waals surface area contributed by atoms with Crippen molar-refractivity contribution < 1.29 is 19.4 Å². The molecule has 2 aliphatic rings. The number of piperidine rings is 1. The lowest BCUT2D eigenvalue weighted by atomic mass is 9.96. The highest BCUT2D eigenvalue weighted by Gasteiger charge is 2.43. The van der Waals surface area contributed by atoms with Crippen molar-refractivity contribution in [2.75, 3.05) is 11.5 Å². The number of amides is 2. The van der Waals surface area contributed by atoms with Crippen molar-refractivity contribution in [1.82, 2.24) is 15.6 Å². The standard InChI is InChI=1S/C26H32Cl2N4O4/c1-15(14-33)30-24(34)16-4-9-23(29-13-16)32-19-6-7-20(32)12-18(11-19)31-25(35)26(2,3)36-22-8-5-17(27)10-21(22)28/h4-5,8-10,13,15,18-20,33H,6-7,11-12,14H2,1-3H3,(H,30,34)(H,31,35)/t15-,18?,19?,20?/m1/s1. The molecule has 4 rings (SSSR count). The third kappa shape index (κ3) is 5.88. The topological polar surface area (TPSA) is 104 Å². The van der Waals surface area contributed by atoms with Crippen molar-refractivity contribution in [3.63, 3.8) is 0 Å². The van der Waals surface area contributed by atoms with Crippen molar-refractivity contribution in [1.29, 1.82) is 0 Å². The van der Waals surface area contributed by atoms with E-state index in [0.717, 1.165) is 31.5 Å². The van der Waals surface area contributed by atoms with Crippen LogP contribution < -0.4 is 20.3 Å². The van der Waals surface area contributed by atoms with Gasteiger partial charge in [-0.2, -0.15) is 0 Å². The van der Waals surface area contributed by atoms with Gasteiger partial charge in [0, 0.05) is 35.4 Å². The van der Waals surface area contributed by atoms with E-state index in [1.807, 2.05) is 6.07 Å². The van der Waals surface area contributed by atoms with Gasteiger partial charge in [0.15, 0.2) is 5.60 Å². The molecule has 1 aromatic heterocycles. The monoisotopic (exact) mass is 534 g/mol. The molecule has 3 heterocycles. The number of aromatic nitrogens is 1. The fraction of sp³-hybridized carbons (Fsp3) is 0.500. The minimum atomic E-state index is -1.11. The lowest BCUT2D eigenvalue weighted by Crippen LogP contribution is -2.55. The Labute approximate surface area is 221 Å². The van der Waals surface area contributed by atoms with Crippen molar-refractivity contribution in [3.8, 4) is 5.75 Å². The number of hydrogen-bond acceptors (Lipinski definition) is 6. The van der Waals surface area contributed by atoms with E-state index in [1.165, 1.54) is 0 Å². The number of carbonyl (C=O) groups is 2. The molecule has 0 saturated carbocycles. The van der Waals surface area contributed by atoms with Crippen LogP contribution in [-0.4, -0.2) is 58.3 Å². The first kappa shape index (κ1) is 26.5. The number of rotatable bonds is 8. The number of nitrogens with one attached hydrogen (secondary N) is 2. The summed E-state index contributed by atoms with van der Waals surface area (Å²) < 4.78 is 5.94. The van der Waals surface area contributed by atoms with Crippen LogP contribution in [0.15, 0.2) is 36.5 Å². The molecule has 0 radical (unpaired) electrons. The fourth-order valence-electron chi connectivity index (χ4n) is 4.93. The molecular weight excluding hydrogens is 503 g/mol. The van der Waals surface area contributed by atoms with Gasteiger partial charge < -0.3 is 25.4 Å². The van der Waals surface area contributed by atoms with Crippen molar-refractivity contribution >= 4 is 40.8 Å². The average molecular weight is 535 g/mol. The van der Waals surface area contributed by atoms with Gasteiger partial charge >= 0.3 is 0 Å². The summed E-state index contributed by atoms with van der Waals surface area (Å²) in [7, 11) is 0. The van der Waals surface area contributed by atoms with Gasteiger partial charge in [-0.05, 0) is 76.8 Å². The van der Waals surface area contributed by atoms with Crippen LogP contribution in [0.25, 0.3) is 0 Å². The van der Waals surface area contributed by atoms with E-state index in [0.29, 0.717) is 21.4 Å². The van der Waals surface area contributed by atoms with Crippen LogP contribution >= 0.6 is 23.2 Å². The number of benzene rings is 1. The molecule has 1 aromatic carbocycles. The molecule has 3 N–H and O–H groups in total. The zero-order chi connectivity index (χ0) is 26.0. The first-order chi connectivity index (χ1) is 17.1. The summed E-state index contributed by atoms with van der Waals surface area (Å²) in [6.07, 6.45) is 5.23. The van der Waals surface area contributed by atoms with Crippen LogP contribution in [0.3, 0.4) is 0 Å². The molecular formula is C26H32Cl2N4O4. The Morgan fingerprint density at radius 2 is 1.89 bits per heavy atom. The zero-order valence-corrected chi connectivity index (χ0v) is 22.1. The van der Waals surface area contributed by atoms with Gasteiger partial charge in [0.05, 0.1) is 17.2 Å². The van der Waals surface area contributed by atoms with Crippen molar-refractivity contribution in [2.24, 2.45) is 0 Å². The molecule has 3 atom stereocenters. The second-order valence-electron chi connectivity index (χ2n) is 10.1. The molecule has 10 heteroatoms. The minimum Gasteiger partial charge on any atom is -0.476 e. The Morgan fingerprint density at radius 1 is 1.19 bits per heavy atom. The number of pyridine rings is 1. The molecule has 36 heavy (non-hydrogen) atoms. The van der Waals surface area contributed by atoms with E-state index in [9.17, 15) is 9.59 Å². The van der Waals surface area contributed by atoms with Gasteiger partial charge in [-0.3, -0.25) is 9.59 Å². The number of fused-ring (bicyclic) bond motifs is 2. The molecule has 8 nitrogen and oxygen atoms in total. The van der Waals surface area contributed by atoms with Crippen LogP contribution in [0.5, 0.6) is 5.75 Å². The van der Waals surface area contributed by atoms with Gasteiger partial charge in [-0.1, -0.05) is 23.2 Å². The Morgan fingerprint density at radius 3 is 2.47 bits per heavy atom. The highest BCUT2D eigenvalue weighted by Crippen LogP contribution is 2.39. The highest BCUT2D eigenvalue weighted by molar-refractivity contribution is 6.35. The maximum atomic E-state index is 13.1. The Hall–Kier alpha value is -2.55. The Balaban J connectivity index is 1.37. The normalized spacial score (nSPS) is 22.2. The van der Waals surface area contributed by atoms with Crippen LogP contribution in [0.2, 0.25) is 10.0 Å². The lowest BCUT2D eigenvalue weighted by Gasteiger charge is -2.40. The fourth-order valence-corrected chi connectivity index (χ4v) is 5.38. The van der Waals surface area contributed by atoms with E-state index in [4.69, 9.17) is 33.0 Å². The van der Waals surface area contributed by atoms with Crippen LogP contribution in [0.1, 0.15) is 56.8 Å². The Bertz CT molecular complexity index is 1100. The maximum absolute atomic E-state index is 13.1. The van der Waals surface area contributed by atoms with E-state index < -0.39 is 5.60 Å². The molecule has 0 spiro atoms. The number of carbonyl (C=O) groups excluding carboxylic acids is 2. The number of nitrogens with zero attached hydrogens (tertiary/aromatic N) is 2. The number of anilines is 1.